The topological polar surface area (TPSA) is 61.9 Å². The van der Waals surface area contributed by atoms with E-state index in [0.717, 1.165) is 39.6 Å². The van der Waals surface area contributed by atoms with E-state index in [2.05, 4.69) is 15.2 Å². The highest BCUT2D eigenvalue weighted by Crippen LogP contribution is 2.39. The molecule has 5 nitrogen and oxygen atoms in total. The zero-order valence-corrected chi connectivity index (χ0v) is 14.0. The molecule has 26 heavy (non-hydrogen) atoms. The quantitative estimate of drug-likeness (QED) is 0.602. The van der Waals surface area contributed by atoms with Gasteiger partial charge in [0.15, 0.2) is 0 Å². The van der Waals surface area contributed by atoms with Crippen LogP contribution >= 0.6 is 0 Å². The summed E-state index contributed by atoms with van der Waals surface area (Å²) in [5, 5.41) is 9.00. The molecule has 1 aliphatic heterocycles. The fourth-order valence-corrected chi connectivity index (χ4v) is 3.76. The lowest BCUT2D eigenvalue weighted by atomic mass is 9.90. The van der Waals surface area contributed by atoms with Crippen molar-refractivity contribution in [3.05, 3.63) is 90.0 Å². The van der Waals surface area contributed by atoms with Crippen molar-refractivity contribution in [1.82, 2.24) is 15.2 Å². The summed E-state index contributed by atoms with van der Waals surface area (Å²) in [5.41, 5.74) is 3.63. The van der Waals surface area contributed by atoms with Crippen molar-refractivity contribution in [2.24, 2.45) is 0 Å². The first-order chi connectivity index (χ1) is 12.8. The summed E-state index contributed by atoms with van der Waals surface area (Å²) in [7, 11) is 0. The predicted octanol–water partition coefficient (Wildman–Crippen LogP) is 3.90. The number of carbonyl (C=O) groups excluding carboxylic acids is 1. The van der Waals surface area contributed by atoms with Gasteiger partial charge in [-0.15, -0.1) is 0 Å². The van der Waals surface area contributed by atoms with Crippen molar-refractivity contribution in [3.63, 3.8) is 0 Å². The fourth-order valence-electron chi connectivity index (χ4n) is 3.76. The highest BCUT2D eigenvalue weighted by molar-refractivity contribution is 6.12. The Labute approximate surface area is 150 Å². The van der Waals surface area contributed by atoms with Crippen LogP contribution in [0.2, 0.25) is 0 Å². The van der Waals surface area contributed by atoms with Crippen LogP contribution in [0, 0.1) is 0 Å². The summed E-state index contributed by atoms with van der Waals surface area (Å²) in [4.78, 5) is 19.7. The summed E-state index contributed by atoms with van der Waals surface area (Å²) in [5.74, 6) is -0.00352. The van der Waals surface area contributed by atoms with Gasteiger partial charge in [-0.25, -0.2) is 0 Å². The van der Waals surface area contributed by atoms with Gasteiger partial charge < -0.3 is 0 Å². The van der Waals surface area contributed by atoms with Crippen LogP contribution < -0.4 is 4.90 Å². The summed E-state index contributed by atoms with van der Waals surface area (Å²) >= 11 is 0. The van der Waals surface area contributed by atoms with Crippen LogP contribution in [0.1, 0.15) is 27.5 Å². The number of hydrogen-bond acceptors (Lipinski definition) is 3. The molecular weight excluding hydrogens is 324 g/mol. The number of benzene rings is 2. The number of hydrogen-bond donors (Lipinski definition) is 1. The molecule has 0 radical (unpaired) electrons. The molecule has 4 aromatic rings. The van der Waals surface area contributed by atoms with Crippen LogP contribution in [0.15, 0.2) is 73.3 Å². The zero-order chi connectivity index (χ0) is 17.5. The fraction of sp³-hybridized carbons (Fsp3) is 0.0952. The van der Waals surface area contributed by atoms with Crippen molar-refractivity contribution in [3.8, 4) is 0 Å². The largest absolute Gasteiger partial charge is 0.298 e. The van der Waals surface area contributed by atoms with Gasteiger partial charge in [0, 0.05) is 34.3 Å². The van der Waals surface area contributed by atoms with Gasteiger partial charge in [-0.1, -0.05) is 42.5 Å². The van der Waals surface area contributed by atoms with E-state index in [1.165, 1.54) is 0 Å². The number of rotatable bonds is 2. The van der Waals surface area contributed by atoms with Crippen LogP contribution in [-0.2, 0) is 6.42 Å². The first-order valence-corrected chi connectivity index (χ1v) is 8.56. The minimum atomic E-state index is -0.122. The number of aromatic amines is 1. The third kappa shape index (κ3) is 2.21. The average molecular weight is 340 g/mol. The summed E-state index contributed by atoms with van der Waals surface area (Å²) in [6.45, 7) is 0. The van der Waals surface area contributed by atoms with Gasteiger partial charge >= 0.3 is 0 Å². The molecule has 0 saturated heterocycles. The Kier molecular flexibility index (Phi) is 3.31. The minimum Gasteiger partial charge on any atom is -0.298 e. The first kappa shape index (κ1) is 14.8. The lowest BCUT2D eigenvalue weighted by molar-refractivity contribution is 0.0967. The first-order valence-electron chi connectivity index (χ1n) is 8.56. The third-order valence-corrected chi connectivity index (χ3v) is 5.00. The molecule has 1 atom stereocenters. The van der Waals surface area contributed by atoms with Crippen LogP contribution in [-0.4, -0.2) is 21.1 Å². The van der Waals surface area contributed by atoms with E-state index in [-0.39, 0.29) is 11.9 Å². The molecule has 5 rings (SSSR count). The molecule has 2 aromatic heterocycles. The summed E-state index contributed by atoms with van der Waals surface area (Å²) in [6.07, 6.45) is 7.99. The third-order valence-electron chi connectivity index (χ3n) is 5.00. The molecule has 0 fully saturated rings. The molecule has 3 heterocycles. The van der Waals surface area contributed by atoms with Crippen LogP contribution in [0.3, 0.4) is 0 Å². The number of nitrogens with zero attached hydrogens (tertiary/aromatic N) is 3. The van der Waals surface area contributed by atoms with E-state index < -0.39 is 0 Å². The Morgan fingerprint density at radius 3 is 2.73 bits per heavy atom. The number of anilines is 1. The molecular formula is C21H16N4O. The molecule has 1 amide bonds. The van der Waals surface area contributed by atoms with Gasteiger partial charge in [-0.05, 0) is 18.1 Å². The maximum absolute atomic E-state index is 13.4. The van der Waals surface area contributed by atoms with Crippen LogP contribution in [0.4, 0.5) is 5.69 Å². The highest BCUT2D eigenvalue weighted by Gasteiger charge is 2.35. The van der Waals surface area contributed by atoms with E-state index in [1.807, 2.05) is 65.8 Å². The number of fused-ring (bicyclic) bond motifs is 2. The summed E-state index contributed by atoms with van der Waals surface area (Å²) in [6, 6.07) is 15.7. The van der Waals surface area contributed by atoms with Crippen molar-refractivity contribution in [2.45, 2.75) is 12.5 Å². The molecule has 0 spiro atoms. The predicted molar refractivity (Wildman–Crippen MR) is 100 cm³/mol. The van der Waals surface area contributed by atoms with Gasteiger partial charge in [0.25, 0.3) is 5.91 Å². The number of pyridine rings is 1. The lowest BCUT2D eigenvalue weighted by Crippen LogP contribution is -2.40. The molecule has 0 aliphatic carbocycles. The van der Waals surface area contributed by atoms with Gasteiger partial charge in [-0.2, -0.15) is 5.10 Å². The standard InChI is InChI=1S/C21H16N4O/c26-21-18-8-4-1-5-14(18)9-19(16-11-23-24-12-16)25(21)20-13-22-10-15-6-2-3-7-17(15)20/h1-8,10-13,19H,9H2,(H,23,24). The Balaban J connectivity index is 1.75. The molecule has 1 N–H and O–H groups in total. The maximum atomic E-state index is 13.4. The van der Waals surface area contributed by atoms with Crippen LogP contribution in [0.25, 0.3) is 10.8 Å². The Morgan fingerprint density at radius 2 is 1.85 bits per heavy atom. The van der Waals surface area contributed by atoms with E-state index >= 15 is 0 Å². The Bertz CT molecular complexity index is 1100. The Hall–Kier alpha value is -3.47. The zero-order valence-electron chi connectivity index (χ0n) is 14.0. The monoisotopic (exact) mass is 340 g/mol. The molecule has 2 aromatic carbocycles. The maximum Gasteiger partial charge on any atom is 0.259 e. The lowest BCUT2D eigenvalue weighted by Gasteiger charge is -2.36. The minimum absolute atomic E-state index is 0.00352. The Morgan fingerprint density at radius 1 is 1.00 bits per heavy atom. The van der Waals surface area contributed by atoms with Crippen molar-refractivity contribution < 1.29 is 4.79 Å². The highest BCUT2D eigenvalue weighted by atomic mass is 16.2. The average Bonchev–Trinajstić information content (AvgIpc) is 3.22. The number of carbonyl (C=O) groups is 1. The second kappa shape index (κ2) is 5.81. The van der Waals surface area contributed by atoms with Crippen LogP contribution in [0.5, 0.6) is 0 Å². The molecule has 0 saturated carbocycles. The van der Waals surface area contributed by atoms with E-state index in [9.17, 15) is 4.79 Å². The SMILES string of the molecule is O=C1c2ccccc2CC(c2cn[nH]c2)N1c1cncc2ccccc12. The normalized spacial score (nSPS) is 16.7. The van der Waals surface area contributed by atoms with Gasteiger partial charge in [0.05, 0.1) is 24.1 Å². The molecule has 5 heteroatoms. The second-order valence-corrected chi connectivity index (χ2v) is 6.46. The summed E-state index contributed by atoms with van der Waals surface area (Å²) < 4.78 is 0. The van der Waals surface area contributed by atoms with Crippen molar-refractivity contribution in [1.29, 1.82) is 0 Å². The number of aromatic nitrogens is 3. The van der Waals surface area contributed by atoms with Crippen molar-refractivity contribution >= 4 is 22.4 Å². The van der Waals surface area contributed by atoms with Gasteiger partial charge in [0.1, 0.15) is 0 Å². The molecule has 126 valence electrons. The van der Waals surface area contributed by atoms with E-state index in [4.69, 9.17) is 0 Å². The second-order valence-electron chi connectivity index (χ2n) is 6.46. The number of nitrogens with one attached hydrogen (secondary N) is 1. The van der Waals surface area contributed by atoms with Gasteiger partial charge in [-0.3, -0.25) is 19.8 Å². The number of H-pyrrole nitrogens is 1. The van der Waals surface area contributed by atoms with Crippen molar-refractivity contribution in [2.75, 3.05) is 4.90 Å². The molecule has 1 aliphatic rings. The smallest absolute Gasteiger partial charge is 0.259 e. The van der Waals surface area contributed by atoms with Gasteiger partial charge in [0.2, 0.25) is 0 Å². The van der Waals surface area contributed by atoms with E-state index in [1.54, 1.807) is 12.4 Å². The molecule has 0 bridgehead atoms. The molecule has 1 unspecified atom stereocenters. The van der Waals surface area contributed by atoms with E-state index in [0.29, 0.717) is 0 Å². The number of amides is 1.